The van der Waals surface area contributed by atoms with Crippen molar-refractivity contribution >= 4 is 16.6 Å². The largest absolute Gasteiger partial charge is 0.352 e. The molecule has 0 aliphatic carbocycles. The van der Waals surface area contributed by atoms with Crippen LogP contribution in [-0.2, 0) is 0 Å². The van der Waals surface area contributed by atoms with Crippen LogP contribution in [-0.4, -0.2) is 37.2 Å². The van der Waals surface area contributed by atoms with E-state index in [1.165, 1.54) is 0 Å². The zero-order chi connectivity index (χ0) is 21.9. The molecular weight excluding hydrogens is 396 g/mol. The van der Waals surface area contributed by atoms with Crippen molar-refractivity contribution in [1.29, 1.82) is 0 Å². The molecule has 0 amide bonds. The summed E-state index contributed by atoms with van der Waals surface area (Å²) in [4.78, 5) is 25.4. The number of H-pyrrole nitrogens is 1. The standard InChI is InChI=1S/C26H22N6/c1-3-31-26(21-9-18(7-6-17(21)2)20-12-29-16-30-13-20)24-10-22-23(14-28-15-25(22)32-24)19-5-4-8-27-11-19/h4-16,32H,3H2,1-2H3. The number of hydrogen-bond acceptors (Lipinski definition) is 5. The van der Waals surface area contributed by atoms with Crippen LogP contribution in [0.25, 0.3) is 33.2 Å². The number of nitrogens with zero attached hydrogens (tertiary/aromatic N) is 5. The minimum atomic E-state index is 0.677. The SMILES string of the molecule is CCN=C(c1cc2c(-c3cccnc3)cncc2[nH]1)c1cc(-c2cncnc2)ccc1C. The molecule has 0 saturated carbocycles. The highest BCUT2D eigenvalue weighted by atomic mass is 14.8. The fourth-order valence-electron chi connectivity index (χ4n) is 3.91. The third kappa shape index (κ3) is 3.67. The van der Waals surface area contributed by atoms with Gasteiger partial charge in [0.15, 0.2) is 0 Å². The van der Waals surface area contributed by atoms with Gasteiger partial charge in [0.05, 0.1) is 23.1 Å². The van der Waals surface area contributed by atoms with E-state index in [9.17, 15) is 0 Å². The third-order valence-corrected chi connectivity index (χ3v) is 5.48. The zero-order valence-corrected chi connectivity index (χ0v) is 17.9. The van der Waals surface area contributed by atoms with Gasteiger partial charge in [-0.3, -0.25) is 15.0 Å². The molecule has 4 aromatic heterocycles. The molecule has 0 aliphatic heterocycles. The van der Waals surface area contributed by atoms with Crippen molar-refractivity contribution in [3.8, 4) is 22.3 Å². The van der Waals surface area contributed by atoms with Crippen molar-refractivity contribution in [3.05, 3.63) is 96.7 Å². The summed E-state index contributed by atoms with van der Waals surface area (Å²) in [5, 5.41) is 1.09. The van der Waals surface area contributed by atoms with Gasteiger partial charge in [-0.1, -0.05) is 18.2 Å². The lowest BCUT2D eigenvalue weighted by Crippen LogP contribution is -2.07. The number of aryl methyl sites for hydroxylation is 1. The second-order valence-electron chi connectivity index (χ2n) is 7.55. The molecule has 5 rings (SSSR count). The van der Waals surface area contributed by atoms with Crippen molar-refractivity contribution in [1.82, 2.24) is 24.9 Å². The van der Waals surface area contributed by atoms with Crippen LogP contribution >= 0.6 is 0 Å². The van der Waals surface area contributed by atoms with Crippen molar-refractivity contribution in [2.75, 3.05) is 6.54 Å². The van der Waals surface area contributed by atoms with Crippen molar-refractivity contribution in [2.45, 2.75) is 13.8 Å². The number of aliphatic imine (C=N–C) groups is 1. The van der Waals surface area contributed by atoms with E-state index in [0.717, 1.165) is 55.7 Å². The van der Waals surface area contributed by atoms with E-state index >= 15 is 0 Å². The summed E-state index contributed by atoms with van der Waals surface area (Å²) in [5.41, 5.74) is 9.20. The summed E-state index contributed by atoms with van der Waals surface area (Å²) >= 11 is 0. The van der Waals surface area contributed by atoms with Gasteiger partial charge in [0.1, 0.15) is 6.33 Å². The number of aromatic nitrogens is 5. The Kier molecular flexibility index (Phi) is 5.25. The number of benzene rings is 1. The minimum Gasteiger partial charge on any atom is -0.352 e. The Morgan fingerprint density at radius 1 is 0.875 bits per heavy atom. The summed E-state index contributed by atoms with van der Waals surface area (Å²) in [6.45, 7) is 4.84. The lowest BCUT2D eigenvalue weighted by molar-refractivity contribution is 1.12. The van der Waals surface area contributed by atoms with Crippen molar-refractivity contribution in [3.63, 3.8) is 0 Å². The van der Waals surface area contributed by atoms with Crippen LogP contribution in [0.15, 0.2) is 84.9 Å². The Bertz CT molecular complexity index is 1400. The van der Waals surface area contributed by atoms with Crippen LogP contribution in [0, 0.1) is 6.92 Å². The molecule has 0 spiro atoms. The minimum absolute atomic E-state index is 0.677. The lowest BCUT2D eigenvalue weighted by atomic mass is 9.96. The van der Waals surface area contributed by atoms with Crippen molar-refractivity contribution < 1.29 is 0 Å². The van der Waals surface area contributed by atoms with E-state index in [1.54, 1.807) is 12.5 Å². The highest BCUT2D eigenvalue weighted by Crippen LogP contribution is 2.30. The molecule has 1 N–H and O–H groups in total. The fourth-order valence-corrected chi connectivity index (χ4v) is 3.91. The predicted octanol–water partition coefficient (Wildman–Crippen LogP) is 5.25. The van der Waals surface area contributed by atoms with Crippen molar-refractivity contribution in [2.24, 2.45) is 4.99 Å². The summed E-state index contributed by atoms with van der Waals surface area (Å²) in [7, 11) is 0. The number of hydrogen-bond donors (Lipinski definition) is 1. The van der Waals surface area contributed by atoms with Crippen LogP contribution < -0.4 is 0 Å². The number of aromatic amines is 1. The van der Waals surface area contributed by atoms with Crippen LogP contribution in [0.4, 0.5) is 0 Å². The average Bonchev–Trinajstić information content (AvgIpc) is 3.28. The Balaban J connectivity index is 1.65. The molecule has 6 heteroatoms. The first-order valence-corrected chi connectivity index (χ1v) is 10.5. The molecule has 0 aliphatic rings. The maximum atomic E-state index is 4.88. The number of pyridine rings is 2. The maximum Gasteiger partial charge on any atom is 0.115 e. The van der Waals surface area contributed by atoms with E-state index < -0.39 is 0 Å². The summed E-state index contributed by atoms with van der Waals surface area (Å²) in [6, 6.07) is 12.5. The van der Waals surface area contributed by atoms with E-state index in [-0.39, 0.29) is 0 Å². The van der Waals surface area contributed by atoms with Gasteiger partial charge >= 0.3 is 0 Å². The summed E-state index contributed by atoms with van der Waals surface area (Å²) < 4.78 is 0. The molecule has 0 atom stereocenters. The van der Waals surface area contributed by atoms with Gasteiger partial charge in [-0.05, 0) is 43.2 Å². The number of nitrogens with one attached hydrogen (secondary N) is 1. The highest BCUT2D eigenvalue weighted by Gasteiger charge is 2.16. The molecule has 0 radical (unpaired) electrons. The Morgan fingerprint density at radius 3 is 2.50 bits per heavy atom. The van der Waals surface area contributed by atoms with Crippen LogP contribution in [0.1, 0.15) is 23.7 Å². The molecule has 0 bridgehead atoms. The Morgan fingerprint density at radius 2 is 1.72 bits per heavy atom. The topological polar surface area (TPSA) is 79.7 Å². The number of fused-ring (bicyclic) bond motifs is 1. The first kappa shape index (κ1) is 19.8. The normalized spacial score (nSPS) is 11.8. The fraction of sp³-hybridized carbons (Fsp3) is 0.115. The second-order valence-corrected chi connectivity index (χ2v) is 7.55. The zero-order valence-electron chi connectivity index (χ0n) is 17.9. The lowest BCUT2D eigenvalue weighted by Gasteiger charge is -2.11. The number of rotatable bonds is 5. The molecule has 4 heterocycles. The van der Waals surface area contributed by atoms with Gasteiger partial charge in [0.2, 0.25) is 0 Å². The molecule has 0 fully saturated rings. The quantitative estimate of drug-likeness (QED) is 0.396. The highest BCUT2D eigenvalue weighted by molar-refractivity contribution is 6.15. The molecule has 1 aromatic carbocycles. The van der Waals surface area contributed by atoms with Gasteiger partial charge in [-0.15, -0.1) is 0 Å². The van der Waals surface area contributed by atoms with Gasteiger partial charge < -0.3 is 4.98 Å². The molecular formula is C26H22N6. The van der Waals surface area contributed by atoms with Crippen LogP contribution in [0.5, 0.6) is 0 Å². The van der Waals surface area contributed by atoms with E-state index in [1.807, 2.05) is 43.1 Å². The molecule has 5 aromatic rings. The average molecular weight is 419 g/mol. The van der Waals surface area contributed by atoms with E-state index in [4.69, 9.17) is 4.99 Å². The first-order chi connectivity index (χ1) is 15.7. The van der Waals surface area contributed by atoms with Gasteiger partial charge in [0, 0.05) is 65.2 Å². The summed E-state index contributed by atoms with van der Waals surface area (Å²) in [6.07, 6.45) is 12.6. The molecule has 0 unspecified atom stereocenters. The maximum absolute atomic E-state index is 4.88. The van der Waals surface area contributed by atoms with Crippen LogP contribution in [0.2, 0.25) is 0 Å². The molecule has 0 saturated heterocycles. The second kappa shape index (κ2) is 8.51. The Hall–Kier alpha value is -4.19. The first-order valence-electron chi connectivity index (χ1n) is 10.5. The van der Waals surface area contributed by atoms with E-state index in [0.29, 0.717) is 6.54 Å². The monoisotopic (exact) mass is 418 g/mol. The summed E-state index contributed by atoms with van der Waals surface area (Å²) in [5.74, 6) is 0. The Labute approximate surface area is 186 Å². The molecule has 6 nitrogen and oxygen atoms in total. The van der Waals surface area contributed by atoms with E-state index in [2.05, 4.69) is 63.0 Å². The third-order valence-electron chi connectivity index (χ3n) is 5.48. The van der Waals surface area contributed by atoms with Gasteiger partial charge in [0.25, 0.3) is 0 Å². The molecule has 32 heavy (non-hydrogen) atoms. The van der Waals surface area contributed by atoms with Gasteiger partial charge in [-0.2, -0.15) is 0 Å². The molecule has 156 valence electrons. The van der Waals surface area contributed by atoms with Crippen LogP contribution in [0.3, 0.4) is 0 Å². The predicted molar refractivity (Wildman–Crippen MR) is 128 cm³/mol. The van der Waals surface area contributed by atoms with Gasteiger partial charge in [-0.25, -0.2) is 9.97 Å². The smallest absolute Gasteiger partial charge is 0.115 e.